The number of benzene rings is 1. The van der Waals surface area contributed by atoms with E-state index in [1.165, 1.54) is 23.6 Å². The first-order valence-corrected chi connectivity index (χ1v) is 7.56. The molecular weight excluding hydrogens is 283 g/mol. The van der Waals surface area contributed by atoms with Crippen molar-refractivity contribution >= 4 is 15.7 Å². The maximum Gasteiger partial charge on any atom is 0.243 e. The van der Waals surface area contributed by atoms with Crippen LogP contribution in [0.3, 0.4) is 0 Å². The first kappa shape index (κ1) is 16.5. The third-order valence-corrected chi connectivity index (χ3v) is 4.54. The van der Waals surface area contributed by atoms with E-state index in [-0.39, 0.29) is 22.9 Å². The summed E-state index contributed by atoms with van der Waals surface area (Å²) in [6.45, 7) is 5.86. The molecule has 0 aliphatic rings. The maximum atomic E-state index is 13.8. The minimum Gasteiger partial charge on any atom is -0.492 e. The Bertz CT molecular complexity index is 564. The van der Waals surface area contributed by atoms with Crippen molar-refractivity contribution in [3.8, 4) is 5.75 Å². The number of rotatable bonds is 7. The second-order valence-corrected chi connectivity index (χ2v) is 6.12. The number of nitrogens with zero attached hydrogens (tertiary/aromatic N) is 1. The van der Waals surface area contributed by atoms with Crippen LogP contribution >= 0.6 is 0 Å². The molecule has 0 aliphatic heterocycles. The molecule has 7 heteroatoms. The Morgan fingerprint density at radius 1 is 1.50 bits per heavy atom. The zero-order chi connectivity index (χ0) is 15.3. The summed E-state index contributed by atoms with van der Waals surface area (Å²) in [7, 11) is -2.54. The van der Waals surface area contributed by atoms with Gasteiger partial charge >= 0.3 is 0 Å². The molecule has 0 bridgehead atoms. The monoisotopic (exact) mass is 302 g/mol. The van der Waals surface area contributed by atoms with Gasteiger partial charge in [-0.1, -0.05) is 13.0 Å². The van der Waals surface area contributed by atoms with Crippen molar-refractivity contribution in [2.45, 2.75) is 18.2 Å². The molecule has 1 aromatic rings. The normalized spacial score (nSPS) is 11.6. The fraction of sp³-hybridized carbons (Fsp3) is 0.385. The van der Waals surface area contributed by atoms with Gasteiger partial charge in [0.25, 0.3) is 0 Å². The van der Waals surface area contributed by atoms with E-state index in [1.807, 2.05) is 6.92 Å². The summed E-state index contributed by atoms with van der Waals surface area (Å²) in [5, 5.41) is 0. The molecule has 0 aliphatic carbocycles. The van der Waals surface area contributed by atoms with Gasteiger partial charge in [0.1, 0.15) is 0 Å². The second kappa shape index (κ2) is 6.71. The highest BCUT2D eigenvalue weighted by atomic mass is 32.2. The number of halogens is 1. The molecule has 0 fully saturated rings. The first-order valence-electron chi connectivity index (χ1n) is 6.12. The van der Waals surface area contributed by atoms with E-state index >= 15 is 0 Å². The van der Waals surface area contributed by atoms with Gasteiger partial charge in [0.15, 0.2) is 11.6 Å². The summed E-state index contributed by atoms with van der Waals surface area (Å²) in [6, 6.07) is 2.11. The number of anilines is 1. The van der Waals surface area contributed by atoms with Gasteiger partial charge in [-0.05, 0) is 18.6 Å². The predicted molar refractivity (Wildman–Crippen MR) is 76.6 cm³/mol. The number of ether oxygens (including phenoxy) is 1. The molecule has 0 amide bonds. The molecule has 5 nitrogen and oxygen atoms in total. The van der Waals surface area contributed by atoms with Crippen LogP contribution in [0.5, 0.6) is 5.75 Å². The highest BCUT2D eigenvalue weighted by Crippen LogP contribution is 2.29. The van der Waals surface area contributed by atoms with Crippen LogP contribution in [0.4, 0.5) is 10.1 Å². The lowest BCUT2D eigenvalue weighted by molar-refractivity contribution is 0.387. The molecule has 0 unspecified atom stereocenters. The van der Waals surface area contributed by atoms with E-state index in [2.05, 4.69) is 6.58 Å². The fourth-order valence-electron chi connectivity index (χ4n) is 1.81. The van der Waals surface area contributed by atoms with Gasteiger partial charge in [-0.15, -0.1) is 6.58 Å². The minimum atomic E-state index is -3.81. The van der Waals surface area contributed by atoms with E-state index in [0.29, 0.717) is 13.0 Å². The van der Waals surface area contributed by atoms with Gasteiger partial charge in [-0.25, -0.2) is 12.8 Å². The summed E-state index contributed by atoms with van der Waals surface area (Å²) in [6.07, 6.45) is 2.12. The van der Waals surface area contributed by atoms with E-state index in [1.54, 1.807) is 0 Å². The lowest BCUT2D eigenvalue weighted by atomic mass is 10.3. The standard InChI is InChI=1S/C13H19FN2O3S/c1-4-6-16(7-5-2)20(17,18)10-8-11(14)13(19-3)12(15)9-10/h4,8-9H,1,5-7,15H2,2-3H3. The van der Waals surface area contributed by atoms with E-state index in [0.717, 1.165) is 6.07 Å². The van der Waals surface area contributed by atoms with Crippen LogP contribution in [0.1, 0.15) is 13.3 Å². The largest absolute Gasteiger partial charge is 0.492 e. The van der Waals surface area contributed by atoms with E-state index in [4.69, 9.17) is 10.5 Å². The zero-order valence-corrected chi connectivity index (χ0v) is 12.4. The molecule has 0 heterocycles. The van der Waals surface area contributed by atoms with Gasteiger partial charge in [0.2, 0.25) is 10.0 Å². The number of nitrogen functional groups attached to an aromatic ring is 1. The highest BCUT2D eigenvalue weighted by Gasteiger charge is 2.25. The molecule has 0 saturated heterocycles. The summed E-state index contributed by atoms with van der Waals surface area (Å²) >= 11 is 0. The molecule has 1 aromatic carbocycles. The molecule has 0 atom stereocenters. The number of nitrogens with two attached hydrogens (primary N) is 1. The third kappa shape index (κ3) is 3.29. The lowest BCUT2D eigenvalue weighted by Gasteiger charge is -2.20. The number of hydrogen-bond acceptors (Lipinski definition) is 4. The van der Waals surface area contributed by atoms with E-state index in [9.17, 15) is 12.8 Å². The van der Waals surface area contributed by atoms with Gasteiger partial charge in [0, 0.05) is 13.1 Å². The Labute approximate surface area is 118 Å². The van der Waals surface area contributed by atoms with Crippen molar-refractivity contribution in [2.75, 3.05) is 25.9 Å². The summed E-state index contributed by atoms with van der Waals surface area (Å²) in [5.74, 6) is -0.962. The van der Waals surface area contributed by atoms with Crippen molar-refractivity contribution in [1.29, 1.82) is 0 Å². The topological polar surface area (TPSA) is 72.6 Å². The molecule has 0 spiro atoms. The molecule has 2 N–H and O–H groups in total. The molecule has 112 valence electrons. The molecule has 20 heavy (non-hydrogen) atoms. The Morgan fingerprint density at radius 2 is 2.15 bits per heavy atom. The van der Waals surface area contributed by atoms with Crippen molar-refractivity contribution in [3.05, 3.63) is 30.6 Å². The number of hydrogen-bond donors (Lipinski definition) is 1. The fourth-order valence-corrected chi connectivity index (χ4v) is 3.36. The Kier molecular flexibility index (Phi) is 5.52. The van der Waals surface area contributed by atoms with Crippen molar-refractivity contribution in [1.82, 2.24) is 4.31 Å². The van der Waals surface area contributed by atoms with E-state index < -0.39 is 15.8 Å². The van der Waals surface area contributed by atoms with Gasteiger partial charge < -0.3 is 10.5 Å². The smallest absolute Gasteiger partial charge is 0.243 e. The Balaban J connectivity index is 3.30. The summed E-state index contributed by atoms with van der Waals surface area (Å²) in [4.78, 5) is -0.191. The van der Waals surface area contributed by atoms with Crippen molar-refractivity contribution in [3.63, 3.8) is 0 Å². The summed E-state index contributed by atoms with van der Waals surface area (Å²) < 4.78 is 44.6. The Hall–Kier alpha value is -1.60. The predicted octanol–water partition coefficient (Wildman–Crippen LogP) is 2.00. The van der Waals surface area contributed by atoms with Crippen molar-refractivity contribution in [2.24, 2.45) is 0 Å². The van der Waals surface area contributed by atoms with Crippen LogP contribution in [0.15, 0.2) is 29.7 Å². The van der Waals surface area contributed by atoms with Gasteiger partial charge in [-0.3, -0.25) is 0 Å². The molecule has 0 radical (unpaired) electrons. The number of sulfonamides is 1. The molecule has 0 saturated carbocycles. The van der Waals surface area contributed by atoms with Crippen LogP contribution < -0.4 is 10.5 Å². The minimum absolute atomic E-state index is 0.0545. The maximum absolute atomic E-state index is 13.8. The highest BCUT2D eigenvalue weighted by molar-refractivity contribution is 7.89. The zero-order valence-electron chi connectivity index (χ0n) is 11.6. The van der Waals surface area contributed by atoms with Gasteiger partial charge in [0.05, 0.1) is 17.7 Å². The van der Waals surface area contributed by atoms with Crippen LogP contribution in [0.25, 0.3) is 0 Å². The second-order valence-electron chi connectivity index (χ2n) is 4.18. The lowest BCUT2D eigenvalue weighted by Crippen LogP contribution is -2.32. The van der Waals surface area contributed by atoms with Crippen molar-refractivity contribution < 1.29 is 17.5 Å². The van der Waals surface area contributed by atoms with Crippen LogP contribution in [-0.4, -0.2) is 32.9 Å². The SMILES string of the molecule is C=CCN(CCC)S(=O)(=O)c1cc(N)c(OC)c(F)c1. The molecular formula is C13H19FN2O3S. The van der Waals surface area contributed by atoms with Crippen LogP contribution in [0, 0.1) is 5.82 Å². The average Bonchev–Trinajstić information content (AvgIpc) is 2.38. The van der Waals surface area contributed by atoms with Crippen LogP contribution in [-0.2, 0) is 10.0 Å². The third-order valence-electron chi connectivity index (χ3n) is 2.69. The van der Waals surface area contributed by atoms with Crippen LogP contribution in [0.2, 0.25) is 0 Å². The first-order chi connectivity index (χ1) is 9.38. The molecule has 1 rings (SSSR count). The average molecular weight is 302 g/mol. The quantitative estimate of drug-likeness (QED) is 0.617. The summed E-state index contributed by atoms with van der Waals surface area (Å²) in [5.41, 5.74) is 5.55. The van der Waals surface area contributed by atoms with Gasteiger partial charge in [-0.2, -0.15) is 4.31 Å². The number of methoxy groups -OCH3 is 1. The molecule has 0 aromatic heterocycles. The Morgan fingerprint density at radius 3 is 2.60 bits per heavy atom.